The number of fused-ring (bicyclic) bond motifs is 1. The van der Waals surface area contributed by atoms with Gasteiger partial charge in [0.25, 0.3) is 5.56 Å². The van der Waals surface area contributed by atoms with Gasteiger partial charge in [0.15, 0.2) is 28.7 Å². The SMILES string of the molecule is CCOC(=O)C1=C(C)N=c2s/c(=C\c3cc(Cl)c(OCC#N)c(Br)c3)c(=O)n2[C@H]1c1ccc(OC(C)C)c(OC)c1. The largest absolute Gasteiger partial charge is 0.493 e. The van der Waals surface area contributed by atoms with Gasteiger partial charge in [-0.05, 0) is 85.1 Å². The minimum atomic E-state index is -0.813. The second kappa shape index (κ2) is 12.9. The van der Waals surface area contributed by atoms with Gasteiger partial charge in [0.05, 0.1) is 51.2 Å². The van der Waals surface area contributed by atoms with Crippen molar-refractivity contribution < 1.29 is 23.7 Å². The minimum absolute atomic E-state index is 0.0785. The Labute approximate surface area is 254 Å². The number of hydrogen-bond donors (Lipinski definition) is 0. The van der Waals surface area contributed by atoms with Crippen LogP contribution in [0.4, 0.5) is 0 Å². The molecule has 1 atom stereocenters. The fraction of sp³-hybridized carbons (Fsp3) is 0.310. The molecule has 1 aliphatic rings. The lowest BCUT2D eigenvalue weighted by molar-refractivity contribution is -0.139. The van der Waals surface area contributed by atoms with Crippen molar-refractivity contribution in [2.75, 3.05) is 20.3 Å². The number of benzene rings is 2. The molecule has 0 N–H and O–H groups in total. The van der Waals surface area contributed by atoms with E-state index in [-0.39, 0.29) is 35.5 Å². The van der Waals surface area contributed by atoms with Crippen LogP contribution < -0.4 is 29.1 Å². The lowest BCUT2D eigenvalue weighted by atomic mass is 9.95. The highest BCUT2D eigenvalue weighted by molar-refractivity contribution is 9.10. The van der Waals surface area contributed by atoms with Crippen molar-refractivity contribution in [3.05, 3.63) is 81.9 Å². The van der Waals surface area contributed by atoms with Crippen LogP contribution >= 0.6 is 38.9 Å². The third kappa shape index (κ3) is 6.35. The Kier molecular flexibility index (Phi) is 9.58. The van der Waals surface area contributed by atoms with E-state index in [0.717, 1.165) is 0 Å². The van der Waals surface area contributed by atoms with Crippen LogP contribution in [0.3, 0.4) is 0 Å². The van der Waals surface area contributed by atoms with E-state index in [1.807, 2.05) is 19.9 Å². The van der Waals surface area contributed by atoms with Crippen molar-refractivity contribution in [1.29, 1.82) is 5.26 Å². The number of esters is 1. The fourth-order valence-corrected chi connectivity index (χ4v) is 6.40. The van der Waals surface area contributed by atoms with Gasteiger partial charge in [0, 0.05) is 0 Å². The standard InChI is InChI=1S/C29H27BrClN3O6S/c1-6-38-28(36)24-16(4)33-29-34(25(24)18-7-8-21(40-15(2)3)22(14-18)37-5)27(35)23(41-29)13-17-11-19(30)26(20(31)12-17)39-10-9-32/h7-8,11-15,25H,6,10H2,1-5H3/b23-13-/t25-/m0/s1. The maximum atomic E-state index is 13.9. The van der Waals surface area contributed by atoms with Gasteiger partial charge in [-0.1, -0.05) is 29.0 Å². The summed E-state index contributed by atoms with van der Waals surface area (Å²) in [6.07, 6.45) is 1.61. The maximum Gasteiger partial charge on any atom is 0.338 e. The first kappa shape index (κ1) is 30.4. The van der Waals surface area contributed by atoms with E-state index in [1.54, 1.807) is 50.3 Å². The molecule has 9 nitrogen and oxygen atoms in total. The first-order valence-corrected chi connectivity index (χ1v) is 14.6. The molecule has 0 saturated heterocycles. The number of thiazole rings is 1. The molecule has 0 spiro atoms. The van der Waals surface area contributed by atoms with Crippen LogP contribution in [0.5, 0.6) is 17.2 Å². The predicted molar refractivity (Wildman–Crippen MR) is 159 cm³/mol. The molecule has 0 bridgehead atoms. The molecule has 3 aromatic rings. The summed E-state index contributed by atoms with van der Waals surface area (Å²) in [7, 11) is 1.53. The van der Waals surface area contributed by atoms with Crippen molar-refractivity contribution in [2.45, 2.75) is 39.8 Å². The molecule has 1 aliphatic heterocycles. The summed E-state index contributed by atoms with van der Waals surface area (Å²) in [6.45, 7) is 7.28. The molecule has 0 saturated carbocycles. The Hall–Kier alpha value is -3.59. The van der Waals surface area contributed by atoms with Crippen molar-refractivity contribution in [1.82, 2.24) is 4.57 Å². The van der Waals surface area contributed by atoms with Crippen LogP contribution in [0.25, 0.3) is 6.08 Å². The first-order chi connectivity index (χ1) is 19.6. The van der Waals surface area contributed by atoms with Crippen molar-refractivity contribution in [3.8, 4) is 23.3 Å². The minimum Gasteiger partial charge on any atom is -0.493 e. The topological polar surface area (TPSA) is 112 Å². The molecular weight excluding hydrogens is 634 g/mol. The van der Waals surface area contributed by atoms with Crippen molar-refractivity contribution in [3.63, 3.8) is 0 Å². The summed E-state index contributed by atoms with van der Waals surface area (Å²) >= 11 is 11.0. The molecule has 0 fully saturated rings. The molecule has 0 unspecified atom stereocenters. The Morgan fingerprint density at radius 1 is 1.29 bits per heavy atom. The molecule has 0 aliphatic carbocycles. The second-order valence-electron chi connectivity index (χ2n) is 9.14. The van der Waals surface area contributed by atoms with E-state index in [2.05, 4.69) is 20.9 Å². The van der Waals surface area contributed by atoms with Crippen LogP contribution in [0.15, 0.2) is 55.9 Å². The molecule has 1 aromatic heterocycles. The number of nitrogens with zero attached hydrogens (tertiary/aromatic N) is 3. The molecule has 41 heavy (non-hydrogen) atoms. The average Bonchev–Trinajstić information content (AvgIpc) is 3.21. The second-order valence-corrected chi connectivity index (χ2v) is 11.4. The number of ether oxygens (including phenoxy) is 4. The Morgan fingerprint density at radius 3 is 2.68 bits per heavy atom. The van der Waals surface area contributed by atoms with Crippen LogP contribution in [-0.2, 0) is 9.53 Å². The third-order valence-electron chi connectivity index (χ3n) is 5.98. The number of methoxy groups -OCH3 is 1. The molecule has 0 radical (unpaired) electrons. The van der Waals surface area contributed by atoms with Crippen LogP contribution in [-0.4, -0.2) is 37.0 Å². The van der Waals surface area contributed by atoms with Crippen LogP contribution in [0.2, 0.25) is 5.02 Å². The van der Waals surface area contributed by atoms with E-state index in [4.69, 9.17) is 35.8 Å². The zero-order chi connectivity index (χ0) is 29.8. The molecule has 2 aromatic carbocycles. The summed E-state index contributed by atoms with van der Waals surface area (Å²) < 4.78 is 24.6. The van der Waals surface area contributed by atoms with Crippen LogP contribution in [0, 0.1) is 11.3 Å². The zero-order valence-corrected chi connectivity index (χ0v) is 26.1. The predicted octanol–water partition coefficient (Wildman–Crippen LogP) is 4.91. The number of carbonyl (C=O) groups is 1. The van der Waals surface area contributed by atoms with Gasteiger partial charge >= 0.3 is 5.97 Å². The lowest BCUT2D eigenvalue weighted by Gasteiger charge is -2.25. The van der Waals surface area contributed by atoms with Gasteiger partial charge in [0.2, 0.25) is 0 Å². The van der Waals surface area contributed by atoms with Crippen molar-refractivity contribution >= 4 is 50.9 Å². The van der Waals surface area contributed by atoms with Gasteiger partial charge in [-0.2, -0.15) is 5.26 Å². The third-order valence-corrected chi connectivity index (χ3v) is 7.84. The number of hydrogen-bond acceptors (Lipinski definition) is 9. The highest BCUT2D eigenvalue weighted by atomic mass is 79.9. The highest BCUT2D eigenvalue weighted by Crippen LogP contribution is 2.37. The van der Waals surface area contributed by atoms with Gasteiger partial charge in [-0.25, -0.2) is 9.79 Å². The maximum absolute atomic E-state index is 13.9. The molecule has 12 heteroatoms. The molecular formula is C29H27BrClN3O6S. The number of rotatable bonds is 9. The van der Waals surface area contributed by atoms with Crippen molar-refractivity contribution in [2.24, 2.45) is 4.99 Å². The summed E-state index contributed by atoms with van der Waals surface area (Å²) in [5.74, 6) is 0.787. The van der Waals surface area contributed by atoms with Gasteiger partial charge in [-0.3, -0.25) is 9.36 Å². The van der Waals surface area contributed by atoms with E-state index in [9.17, 15) is 9.59 Å². The van der Waals surface area contributed by atoms with E-state index in [0.29, 0.717) is 47.9 Å². The number of halogens is 2. The molecule has 214 valence electrons. The number of carbonyl (C=O) groups excluding carboxylic acids is 1. The van der Waals surface area contributed by atoms with Gasteiger partial charge < -0.3 is 18.9 Å². The van der Waals surface area contributed by atoms with Gasteiger partial charge in [-0.15, -0.1) is 0 Å². The summed E-state index contributed by atoms with van der Waals surface area (Å²) in [6, 6.07) is 9.79. The quantitative estimate of drug-likeness (QED) is 0.300. The fourth-order valence-electron chi connectivity index (χ4n) is 4.37. The smallest absolute Gasteiger partial charge is 0.338 e. The molecule has 0 amide bonds. The van der Waals surface area contributed by atoms with E-state index in [1.165, 1.54) is 23.0 Å². The number of aromatic nitrogens is 1. The zero-order valence-electron chi connectivity index (χ0n) is 23.0. The summed E-state index contributed by atoms with van der Waals surface area (Å²) in [4.78, 5) is 32.2. The first-order valence-electron chi connectivity index (χ1n) is 12.6. The Morgan fingerprint density at radius 2 is 2.05 bits per heavy atom. The number of nitriles is 1. The monoisotopic (exact) mass is 659 g/mol. The van der Waals surface area contributed by atoms with Gasteiger partial charge in [0.1, 0.15) is 6.07 Å². The summed E-state index contributed by atoms with van der Waals surface area (Å²) in [5, 5.41) is 9.10. The number of allylic oxidation sites excluding steroid dienone is 1. The average molecular weight is 661 g/mol. The Balaban J connectivity index is 1.91. The normalized spacial score (nSPS) is 14.8. The van der Waals surface area contributed by atoms with Crippen LogP contribution in [0.1, 0.15) is 44.9 Å². The highest BCUT2D eigenvalue weighted by Gasteiger charge is 2.34. The molecule has 2 heterocycles. The van der Waals surface area contributed by atoms with E-state index >= 15 is 0 Å². The lowest BCUT2D eigenvalue weighted by Crippen LogP contribution is -2.40. The summed E-state index contributed by atoms with van der Waals surface area (Å²) in [5.41, 5.74) is 1.63. The van der Waals surface area contributed by atoms with E-state index < -0.39 is 12.0 Å². The Bertz CT molecular complexity index is 1730. The molecule has 4 rings (SSSR count).